The second-order valence-corrected chi connectivity index (χ2v) is 11.1. The maximum absolute atomic E-state index is 6.21. The van der Waals surface area contributed by atoms with E-state index in [0.29, 0.717) is 11.6 Å². The summed E-state index contributed by atoms with van der Waals surface area (Å²) in [4.78, 5) is 0. The molecule has 0 saturated heterocycles. The molecule has 0 bridgehead atoms. The van der Waals surface area contributed by atoms with Gasteiger partial charge in [0.05, 0.1) is 0 Å². The molecule has 33 heavy (non-hydrogen) atoms. The highest BCUT2D eigenvalue weighted by atomic mass is 31.1. The zero-order chi connectivity index (χ0) is 22.4. The van der Waals surface area contributed by atoms with E-state index in [2.05, 4.69) is 109 Å². The lowest BCUT2D eigenvalue weighted by molar-refractivity contribution is 0.893. The molecule has 4 aromatic carbocycles. The average molecular weight is 434 g/mol. The molecule has 152 valence electrons. The van der Waals surface area contributed by atoms with Crippen LogP contribution < -0.4 is 21.5 Å². The minimum atomic E-state index is -0.607. The zero-order valence-corrected chi connectivity index (χ0v) is 19.1. The Labute approximate surface area is 199 Å². The normalized spacial score (nSPS) is 20.7. The highest BCUT2D eigenvalue weighted by molar-refractivity contribution is 7.74. The molecule has 0 spiro atoms. The first-order valence-electron chi connectivity index (χ1n) is 11.3. The van der Waals surface area contributed by atoms with Crippen molar-refractivity contribution in [1.29, 1.82) is 0 Å². The molecule has 3 atom stereocenters. The summed E-state index contributed by atoms with van der Waals surface area (Å²) in [5.41, 5.74) is 8.36. The van der Waals surface area contributed by atoms with Crippen molar-refractivity contribution in [2.45, 2.75) is 11.6 Å². The van der Waals surface area contributed by atoms with E-state index in [1.165, 1.54) is 38.4 Å². The first kappa shape index (κ1) is 20.5. The molecular weight excluding hydrogens is 413 g/mol. The fourth-order valence-electron chi connectivity index (χ4n) is 5.13. The minimum Gasteiger partial charge on any atom is -0.0966 e. The Morgan fingerprint density at radius 1 is 0.636 bits per heavy atom. The summed E-state index contributed by atoms with van der Waals surface area (Å²) in [6.45, 7) is 0. The molecule has 6 rings (SSSR count). The average Bonchev–Trinajstić information content (AvgIpc) is 3.17. The van der Waals surface area contributed by atoms with Gasteiger partial charge in [-0.15, -0.1) is 0 Å². The molecule has 4 aromatic rings. The van der Waals surface area contributed by atoms with Crippen molar-refractivity contribution in [2.75, 3.05) is 0 Å². The second kappa shape index (κ2) is 8.36. The van der Waals surface area contributed by atoms with Crippen molar-refractivity contribution in [3.63, 3.8) is 0 Å². The van der Waals surface area contributed by atoms with Crippen LogP contribution in [0.2, 0.25) is 0 Å². The Bertz CT molecular complexity index is 1370. The van der Waals surface area contributed by atoms with Gasteiger partial charge in [-0.1, -0.05) is 120 Å². The number of benzene rings is 4. The van der Waals surface area contributed by atoms with E-state index in [9.17, 15) is 0 Å². The summed E-state index contributed by atoms with van der Waals surface area (Å²) in [5.74, 6) is 0.331. The zero-order valence-electron chi connectivity index (χ0n) is 18.2. The maximum Gasteiger partial charge on any atom is 0.113 e. The van der Waals surface area contributed by atoms with Crippen LogP contribution in [0.3, 0.4) is 0 Å². The van der Waals surface area contributed by atoms with Gasteiger partial charge in [-0.3, -0.25) is 0 Å². The van der Waals surface area contributed by atoms with Crippen molar-refractivity contribution in [3.8, 4) is 11.1 Å². The van der Waals surface area contributed by atoms with E-state index in [-0.39, 0.29) is 0 Å². The number of allylic oxidation sites excluding steroid dienone is 4. The molecule has 0 fully saturated rings. The van der Waals surface area contributed by atoms with E-state index in [1.54, 1.807) is 0 Å². The van der Waals surface area contributed by atoms with Gasteiger partial charge in [0, 0.05) is 11.6 Å². The van der Waals surface area contributed by atoms with Gasteiger partial charge < -0.3 is 0 Å². The number of fused-ring (bicyclic) bond motifs is 3. The van der Waals surface area contributed by atoms with Gasteiger partial charge in [0.2, 0.25) is 0 Å². The quantitative estimate of drug-likeness (QED) is 0.330. The molecule has 4 radical (unpaired) electrons. The summed E-state index contributed by atoms with van der Waals surface area (Å²) < 4.78 is 0. The fourth-order valence-corrected chi connectivity index (χ4v) is 8.21. The van der Waals surface area contributed by atoms with Crippen LogP contribution in [0, 0.1) is 0 Å². The topological polar surface area (TPSA) is 0 Å². The predicted octanol–water partition coefficient (Wildman–Crippen LogP) is 4.49. The van der Waals surface area contributed by atoms with Crippen LogP contribution in [-0.2, 0) is 0 Å². The summed E-state index contributed by atoms with van der Waals surface area (Å²) in [6.07, 6.45) is 7.18. The van der Waals surface area contributed by atoms with Gasteiger partial charge in [0.15, 0.2) is 0 Å². The van der Waals surface area contributed by atoms with E-state index in [1.807, 2.05) is 6.07 Å². The third-order valence-corrected chi connectivity index (χ3v) is 9.43. The van der Waals surface area contributed by atoms with E-state index < -0.39 is 7.92 Å². The molecule has 1 aliphatic heterocycles. The molecule has 0 aromatic heterocycles. The van der Waals surface area contributed by atoms with Crippen LogP contribution >= 0.6 is 7.92 Å². The molecule has 0 N–H and O–H groups in total. The fraction of sp³-hybridized carbons (Fsp3) is 0.0667. The van der Waals surface area contributed by atoms with Gasteiger partial charge in [0.25, 0.3) is 0 Å². The molecule has 2 aliphatic rings. The minimum absolute atomic E-state index is 0.331. The van der Waals surface area contributed by atoms with Crippen LogP contribution in [0.5, 0.6) is 0 Å². The molecule has 3 heteroatoms. The maximum atomic E-state index is 6.21. The SMILES string of the molecule is [B]c1cc([B])cc(P2c3ccc(-c4ccccc4)cc3C3C=C(c4ccccc4)C=CC32)c1. The molecule has 1 heterocycles. The van der Waals surface area contributed by atoms with Crippen molar-refractivity contribution in [1.82, 2.24) is 0 Å². The number of rotatable bonds is 3. The third-order valence-electron chi connectivity index (χ3n) is 6.60. The van der Waals surface area contributed by atoms with Gasteiger partial charge in [-0.25, -0.2) is 0 Å². The largest absolute Gasteiger partial charge is 0.113 e. The number of hydrogen-bond donors (Lipinski definition) is 0. The third kappa shape index (κ3) is 3.73. The van der Waals surface area contributed by atoms with Crippen LogP contribution in [-0.4, -0.2) is 21.4 Å². The van der Waals surface area contributed by atoms with Crippen molar-refractivity contribution < 1.29 is 0 Å². The van der Waals surface area contributed by atoms with Gasteiger partial charge in [0.1, 0.15) is 15.7 Å². The van der Waals surface area contributed by atoms with Crippen molar-refractivity contribution in [3.05, 3.63) is 126 Å². The van der Waals surface area contributed by atoms with Crippen molar-refractivity contribution in [2.24, 2.45) is 0 Å². The van der Waals surface area contributed by atoms with Crippen molar-refractivity contribution >= 4 is 50.7 Å². The monoisotopic (exact) mass is 434 g/mol. The van der Waals surface area contributed by atoms with Gasteiger partial charge >= 0.3 is 0 Å². The highest BCUT2D eigenvalue weighted by Gasteiger charge is 2.40. The lowest BCUT2D eigenvalue weighted by Crippen LogP contribution is -2.25. The lowest BCUT2D eigenvalue weighted by atomic mass is 9.86. The summed E-state index contributed by atoms with van der Waals surface area (Å²) in [7, 11) is 11.8. The Kier molecular flexibility index (Phi) is 5.20. The Morgan fingerprint density at radius 3 is 2.00 bits per heavy atom. The second-order valence-electron chi connectivity index (χ2n) is 8.73. The van der Waals surface area contributed by atoms with E-state index in [0.717, 1.165) is 10.9 Å². The molecule has 3 unspecified atom stereocenters. The smallest absolute Gasteiger partial charge is 0.0966 e. The first-order chi connectivity index (χ1) is 16.2. The van der Waals surface area contributed by atoms with Crippen LogP contribution in [0.15, 0.2) is 115 Å². The molecule has 0 saturated carbocycles. The number of hydrogen-bond acceptors (Lipinski definition) is 0. The van der Waals surface area contributed by atoms with E-state index in [4.69, 9.17) is 15.7 Å². The standard InChI is InChI=1S/C30H21B2P/c31-24-17-25(32)19-26(18-24)33-29-13-11-22(20-7-3-1-4-8-20)15-27(29)28-16-23(12-14-30(28)33)21-9-5-2-6-10-21/h1-19,27,29H. The summed E-state index contributed by atoms with van der Waals surface area (Å²) >= 11 is 0. The van der Waals surface area contributed by atoms with E-state index >= 15 is 0 Å². The molecule has 1 aliphatic carbocycles. The Hall–Kier alpha value is -3.08. The summed E-state index contributed by atoms with van der Waals surface area (Å²) in [6, 6.07) is 34.4. The first-order valence-corrected chi connectivity index (χ1v) is 12.7. The molecular formula is C30H21B2P. The predicted molar refractivity (Wildman–Crippen MR) is 145 cm³/mol. The Morgan fingerprint density at radius 2 is 1.30 bits per heavy atom. The molecule has 0 amide bonds. The summed E-state index contributed by atoms with van der Waals surface area (Å²) in [5, 5.41) is 2.69. The van der Waals surface area contributed by atoms with Crippen LogP contribution in [0.25, 0.3) is 16.7 Å². The molecule has 0 nitrogen and oxygen atoms in total. The lowest BCUT2D eigenvalue weighted by Gasteiger charge is -2.26. The van der Waals surface area contributed by atoms with Crippen LogP contribution in [0.1, 0.15) is 17.0 Å². The highest BCUT2D eigenvalue weighted by Crippen LogP contribution is 2.56. The van der Waals surface area contributed by atoms with Gasteiger partial charge in [-0.05, 0) is 52.4 Å². The Balaban J connectivity index is 1.52. The van der Waals surface area contributed by atoms with Gasteiger partial charge in [-0.2, -0.15) is 0 Å². The van der Waals surface area contributed by atoms with Crippen LogP contribution in [0.4, 0.5) is 0 Å².